The van der Waals surface area contributed by atoms with E-state index < -0.39 is 29.0 Å². The number of amides is 4. The molecule has 82 heavy (non-hydrogen) atoms. The summed E-state index contributed by atoms with van der Waals surface area (Å²) in [6, 6.07) is 64.3. The monoisotopic (exact) mass is 1070 g/mol. The van der Waals surface area contributed by atoms with E-state index in [2.05, 4.69) is 86.4 Å². The molecular formula is C72H54N2O8. The fourth-order valence-electron chi connectivity index (χ4n) is 11.2. The van der Waals surface area contributed by atoms with E-state index in [1.807, 2.05) is 86.6 Å². The smallest absolute Gasteiger partial charge is 0.266 e. The average Bonchev–Trinajstić information content (AvgIpc) is 4.27. The van der Waals surface area contributed by atoms with Gasteiger partial charge in [-0.15, -0.1) is 12.8 Å². The highest BCUT2D eigenvalue weighted by Crippen LogP contribution is 2.56. The van der Waals surface area contributed by atoms with Gasteiger partial charge in [-0.25, -0.2) is 9.80 Å². The Bertz CT molecular complexity index is 3990. The van der Waals surface area contributed by atoms with E-state index in [4.69, 9.17) is 31.8 Å². The van der Waals surface area contributed by atoms with Crippen LogP contribution in [-0.2, 0) is 5.41 Å². The predicted octanol–water partition coefficient (Wildman–Crippen LogP) is 16.0. The van der Waals surface area contributed by atoms with Gasteiger partial charge in [0.25, 0.3) is 23.6 Å². The molecule has 0 aromatic heterocycles. The highest BCUT2D eigenvalue weighted by atomic mass is 16.5. The van der Waals surface area contributed by atoms with Crippen LogP contribution < -0.4 is 28.7 Å². The molecule has 10 heteroatoms. The van der Waals surface area contributed by atoms with Gasteiger partial charge in [0, 0.05) is 10.8 Å². The van der Waals surface area contributed by atoms with E-state index in [0.717, 1.165) is 44.2 Å². The second-order valence-corrected chi connectivity index (χ2v) is 19.4. The van der Waals surface area contributed by atoms with Gasteiger partial charge in [0.15, 0.2) is 0 Å². The number of hydrogen-bond donors (Lipinski definition) is 0. The fourth-order valence-corrected chi connectivity index (χ4v) is 11.2. The Morgan fingerprint density at radius 1 is 0.390 bits per heavy atom. The molecule has 0 saturated carbocycles. The van der Waals surface area contributed by atoms with Crippen LogP contribution in [0.5, 0.6) is 34.5 Å². The maximum Gasteiger partial charge on any atom is 0.266 e. The van der Waals surface area contributed by atoms with E-state index in [9.17, 15) is 19.2 Å². The Hall–Kier alpha value is -10.7. The zero-order valence-corrected chi connectivity index (χ0v) is 45.6. The third-order valence-electron chi connectivity index (χ3n) is 14.5. The van der Waals surface area contributed by atoms with Crippen LogP contribution in [0.15, 0.2) is 206 Å². The van der Waals surface area contributed by atoms with Crippen molar-refractivity contribution in [2.45, 2.75) is 39.5 Å². The van der Waals surface area contributed by atoms with Crippen molar-refractivity contribution in [2.75, 3.05) is 23.0 Å². The molecule has 0 saturated heterocycles. The Morgan fingerprint density at radius 2 is 0.756 bits per heavy atom. The summed E-state index contributed by atoms with van der Waals surface area (Å²) in [5, 5.41) is 3.01. The minimum atomic E-state index is -0.756. The van der Waals surface area contributed by atoms with E-state index >= 15 is 0 Å². The second kappa shape index (κ2) is 22.6. The molecule has 400 valence electrons. The van der Waals surface area contributed by atoms with Crippen molar-refractivity contribution in [1.29, 1.82) is 0 Å². The number of carbonyl (C=O) groups is 4. The minimum Gasteiger partial charge on any atom is -0.481 e. The highest BCUT2D eigenvalue weighted by molar-refractivity contribution is 6.37. The summed E-state index contributed by atoms with van der Waals surface area (Å²) >= 11 is 0. The minimum absolute atomic E-state index is 0.120. The Labute approximate surface area is 476 Å². The van der Waals surface area contributed by atoms with E-state index in [-0.39, 0.29) is 35.5 Å². The van der Waals surface area contributed by atoms with Gasteiger partial charge in [-0.05, 0) is 153 Å². The van der Waals surface area contributed by atoms with Crippen LogP contribution in [0.4, 0.5) is 11.4 Å². The Morgan fingerprint density at radius 3 is 1.16 bits per heavy atom. The van der Waals surface area contributed by atoms with Gasteiger partial charge in [0.2, 0.25) is 0 Å². The van der Waals surface area contributed by atoms with E-state index in [0.29, 0.717) is 56.6 Å². The molecule has 13 rings (SSSR count). The zero-order chi connectivity index (χ0) is 57.1. The molecule has 0 N–H and O–H groups in total. The molecule has 1 aliphatic carbocycles. The SMILES string of the molecule is C#CCOc1ccc2c(N3C(=O)c4ccc(Oc5ccc(C6(c7ccc(Oc8ccc9c(c8)C(=O)N(c8cccc%10cc(OCC#C)ccc8%10)C9=O)cc7)c7ccccc7-c7ccccc76)cc5)cc4C3=O)cccc2c1.CC.CCC. The molecule has 10 aromatic rings. The summed E-state index contributed by atoms with van der Waals surface area (Å²) < 4.78 is 24.1. The Kier molecular flexibility index (Phi) is 14.7. The molecule has 2 aliphatic heterocycles. The van der Waals surface area contributed by atoms with Crippen LogP contribution in [0.25, 0.3) is 32.7 Å². The van der Waals surface area contributed by atoms with Crippen LogP contribution in [0.3, 0.4) is 0 Å². The van der Waals surface area contributed by atoms with Gasteiger partial charge in [-0.3, -0.25) is 19.2 Å². The summed E-state index contributed by atoms with van der Waals surface area (Å²) in [6.07, 6.45) is 12.0. The first kappa shape index (κ1) is 53.3. The van der Waals surface area contributed by atoms with Crippen molar-refractivity contribution in [2.24, 2.45) is 0 Å². The number of terminal acetylenes is 2. The van der Waals surface area contributed by atoms with Crippen molar-refractivity contribution in [3.05, 3.63) is 251 Å². The van der Waals surface area contributed by atoms with Gasteiger partial charge in [-0.1, -0.05) is 143 Å². The summed E-state index contributed by atoms with van der Waals surface area (Å²) in [7, 11) is 0. The molecular weight excluding hydrogens is 1020 g/mol. The third-order valence-corrected chi connectivity index (χ3v) is 14.5. The molecule has 4 amide bonds. The second-order valence-electron chi connectivity index (χ2n) is 19.4. The summed E-state index contributed by atoms with van der Waals surface area (Å²) in [4.78, 5) is 58.3. The van der Waals surface area contributed by atoms with Crippen LogP contribution in [0, 0.1) is 24.7 Å². The molecule has 10 aromatic carbocycles. The fraction of sp³-hybridized carbons (Fsp3) is 0.111. The van der Waals surface area contributed by atoms with Gasteiger partial charge >= 0.3 is 0 Å². The third kappa shape index (κ3) is 9.22. The molecule has 0 atom stereocenters. The van der Waals surface area contributed by atoms with Crippen molar-refractivity contribution < 1.29 is 38.1 Å². The topological polar surface area (TPSA) is 112 Å². The lowest BCUT2D eigenvalue weighted by Crippen LogP contribution is -2.29. The number of carbonyl (C=O) groups excluding carboxylic acids is 4. The molecule has 2 heterocycles. The number of benzene rings is 10. The lowest BCUT2D eigenvalue weighted by atomic mass is 9.68. The van der Waals surface area contributed by atoms with Crippen molar-refractivity contribution in [3.8, 4) is 70.3 Å². The molecule has 0 unspecified atom stereocenters. The van der Waals surface area contributed by atoms with E-state index in [1.165, 1.54) is 16.2 Å². The number of rotatable bonds is 12. The van der Waals surface area contributed by atoms with Crippen molar-refractivity contribution in [1.82, 2.24) is 0 Å². The maximum atomic E-state index is 14.1. The number of anilines is 2. The standard InChI is InChI=1S/C67H40N2O8.C3H8.C2H6/c1-3-35-74-47-27-31-51-41(37-47)11-9-17-61(51)68-63(70)55-33-29-49(39-57(55)65(68)72)76-45-23-19-43(20-24-45)67(59-15-7-5-13-53(59)54-14-6-8-16-60(54)67)44-21-25-46(26-22-44)77-50-30-34-56-58(40-50)66(73)69(64(56)71)62-18-10-12-42-38-48(75-36-4-2)28-32-52(42)62;1-3-2;1-2/h1-2,5-34,37-40H,35-36H2;3H2,1-2H3;1-2H3. The quantitative estimate of drug-likeness (QED) is 0.0878. The number of fused-ring (bicyclic) bond motifs is 7. The van der Waals surface area contributed by atoms with E-state index in [1.54, 1.807) is 72.8 Å². The van der Waals surface area contributed by atoms with Gasteiger partial charge in [0.1, 0.15) is 47.7 Å². The molecule has 0 radical (unpaired) electrons. The summed E-state index contributed by atoms with van der Waals surface area (Å²) in [6.45, 7) is 8.49. The first-order valence-electron chi connectivity index (χ1n) is 27.1. The summed E-state index contributed by atoms with van der Waals surface area (Å²) in [5.41, 5.74) is 7.65. The van der Waals surface area contributed by atoms with Gasteiger partial charge in [0.05, 0.1) is 39.0 Å². The van der Waals surface area contributed by atoms with Gasteiger partial charge < -0.3 is 18.9 Å². The highest BCUT2D eigenvalue weighted by Gasteiger charge is 2.46. The lowest BCUT2D eigenvalue weighted by Gasteiger charge is -2.34. The van der Waals surface area contributed by atoms with Crippen LogP contribution in [-0.4, -0.2) is 36.8 Å². The number of hydrogen-bond acceptors (Lipinski definition) is 8. The number of ether oxygens (including phenoxy) is 4. The first-order chi connectivity index (χ1) is 40.1. The van der Waals surface area contributed by atoms with Crippen LogP contribution >= 0.6 is 0 Å². The number of nitrogens with zero attached hydrogens (tertiary/aromatic N) is 2. The number of imide groups is 2. The van der Waals surface area contributed by atoms with Crippen LogP contribution in [0.1, 0.15) is 97.8 Å². The molecule has 0 fully saturated rings. The van der Waals surface area contributed by atoms with Gasteiger partial charge in [-0.2, -0.15) is 0 Å². The van der Waals surface area contributed by atoms with Crippen molar-refractivity contribution >= 4 is 56.5 Å². The first-order valence-corrected chi connectivity index (χ1v) is 27.1. The van der Waals surface area contributed by atoms with Crippen molar-refractivity contribution in [3.63, 3.8) is 0 Å². The molecule has 0 bridgehead atoms. The zero-order valence-electron chi connectivity index (χ0n) is 45.6. The molecule has 3 aliphatic rings. The predicted molar refractivity (Wildman–Crippen MR) is 323 cm³/mol. The lowest BCUT2D eigenvalue weighted by molar-refractivity contribution is 0.0910. The Balaban J connectivity index is 0.00000137. The average molecular weight is 1080 g/mol. The normalized spacial score (nSPS) is 13.1. The molecule has 10 nitrogen and oxygen atoms in total. The summed E-state index contributed by atoms with van der Waals surface area (Å²) in [5.74, 6) is 6.23. The maximum absolute atomic E-state index is 14.1. The molecule has 0 spiro atoms. The largest absolute Gasteiger partial charge is 0.481 e. The van der Waals surface area contributed by atoms with Crippen LogP contribution in [0.2, 0.25) is 0 Å².